The molecule has 1 amide bonds. The fourth-order valence-electron chi connectivity index (χ4n) is 5.04. The maximum Gasteiger partial charge on any atom is 0.232 e. The molecule has 40 heavy (non-hydrogen) atoms. The van der Waals surface area contributed by atoms with E-state index in [9.17, 15) is 18.7 Å². The predicted octanol–water partition coefficient (Wildman–Crippen LogP) is 6.77. The van der Waals surface area contributed by atoms with Crippen molar-refractivity contribution in [3.05, 3.63) is 107 Å². The monoisotopic (exact) mass is 550 g/mol. The first kappa shape index (κ1) is 27.2. The molecule has 0 spiro atoms. The average molecular weight is 551 g/mol. The zero-order chi connectivity index (χ0) is 28.6. The summed E-state index contributed by atoms with van der Waals surface area (Å²) in [5, 5.41) is 14.1. The van der Waals surface area contributed by atoms with Crippen LogP contribution in [0.4, 0.5) is 24.5 Å². The second-order valence-electron chi connectivity index (χ2n) is 10.6. The SMILES string of the molecule is C=CCOc1ccc(C2C3=C(CC(C)(C)CO3)Nc3c(O)cccc3N2C(=O)Cc2ccc(F)cc2F)c(F)c1. The highest BCUT2D eigenvalue weighted by Crippen LogP contribution is 2.50. The molecule has 0 saturated heterocycles. The standard InChI is InChI=1S/C31H29F3N2O4/c1-4-12-39-20-10-11-21(23(34)15-20)29-30-24(16-31(2,3)17-40-30)35-28-25(6-5-7-26(28)37)36(29)27(38)13-18-8-9-19(32)14-22(18)33/h4-11,14-15,29,35,37H,1,12-13,16-17H2,2-3H3. The lowest BCUT2D eigenvalue weighted by molar-refractivity contribution is -0.118. The van der Waals surface area contributed by atoms with E-state index in [2.05, 4.69) is 11.9 Å². The lowest BCUT2D eigenvalue weighted by Crippen LogP contribution is -2.39. The van der Waals surface area contributed by atoms with Crippen LogP contribution >= 0.6 is 0 Å². The van der Waals surface area contributed by atoms with Gasteiger partial charge in [0, 0.05) is 23.1 Å². The van der Waals surface area contributed by atoms with Crippen LogP contribution in [0.2, 0.25) is 0 Å². The van der Waals surface area contributed by atoms with Crippen molar-refractivity contribution in [1.82, 2.24) is 0 Å². The molecule has 2 aliphatic heterocycles. The molecule has 0 aromatic heterocycles. The minimum atomic E-state index is -1.11. The number of fused-ring (bicyclic) bond motifs is 1. The number of rotatable bonds is 6. The number of nitrogens with one attached hydrogen (secondary N) is 1. The minimum absolute atomic E-state index is 0.0300. The van der Waals surface area contributed by atoms with Gasteiger partial charge < -0.3 is 19.9 Å². The maximum absolute atomic E-state index is 15.8. The van der Waals surface area contributed by atoms with Crippen LogP contribution in [0.15, 0.2) is 78.7 Å². The van der Waals surface area contributed by atoms with Crippen LogP contribution in [0, 0.1) is 22.9 Å². The number of halogens is 3. The molecule has 6 nitrogen and oxygen atoms in total. The van der Waals surface area contributed by atoms with Gasteiger partial charge in [-0.25, -0.2) is 13.2 Å². The number of amides is 1. The summed E-state index contributed by atoms with van der Waals surface area (Å²) in [6, 6.07) is 10.8. The number of carbonyl (C=O) groups excluding carboxylic acids is 1. The number of ether oxygens (including phenoxy) is 2. The number of nitrogens with zero attached hydrogens (tertiary/aromatic N) is 1. The van der Waals surface area contributed by atoms with Gasteiger partial charge in [-0.15, -0.1) is 0 Å². The number of benzene rings is 3. The summed E-state index contributed by atoms with van der Waals surface area (Å²) < 4.78 is 55.8. The third kappa shape index (κ3) is 5.23. The molecule has 3 aromatic carbocycles. The number of hydrogen-bond donors (Lipinski definition) is 2. The van der Waals surface area contributed by atoms with E-state index in [-0.39, 0.29) is 46.0 Å². The Morgan fingerprint density at radius 3 is 2.70 bits per heavy atom. The van der Waals surface area contributed by atoms with E-state index >= 15 is 4.39 Å². The van der Waals surface area contributed by atoms with Gasteiger partial charge in [0.1, 0.15) is 53.0 Å². The number of para-hydroxylation sites is 1. The third-order valence-corrected chi connectivity index (χ3v) is 6.89. The largest absolute Gasteiger partial charge is 0.506 e. The van der Waals surface area contributed by atoms with Crippen molar-refractivity contribution in [1.29, 1.82) is 0 Å². The molecule has 2 aliphatic rings. The van der Waals surface area contributed by atoms with E-state index in [0.717, 1.165) is 6.07 Å². The highest BCUT2D eigenvalue weighted by Gasteiger charge is 2.42. The summed E-state index contributed by atoms with van der Waals surface area (Å²) in [4.78, 5) is 15.4. The van der Waals surface area contributed by atoms with Crippen LogP contribution in [-0.2, 0) is 16.0 Å². The summed E-state index contributed by atoms with van der Waals surface area (Å²) in [5.41, 5.74) is 0.858. The van der Waals surface area contributed by atoms with E-state index in [4.69, 9.17) is 9.47 Å². The van der Waals surface area contributed by atoms with Gasteiger partial charge in [0.05, 0.1) is 24.4 Å². The maximum atomic E-state index is 15.8. The molecule has 1 atom stereocenters. The van der Waals surface area contributed by atoms with E-state index in [1.54, 1.807) is 18.2 Å². The van der Waals surface area contributed by atoms with Crippen molar-refractivity contribution in [3.63, 3.8) is 0 Å². The summed E-state index contributed by atoms with van der Waals surface area (Å²) in [7, 11) is 0. The Kier molecular flexibility index (Phi) is 7.23. The summed E-state index contributed by atoms with van der Waals surface area (Å²) in [5.74, 6) is -2.46. The van der Waals surface area contributed by atoms with Gasteiger partial charge in [-0.1, -0.05) is 38.6 Å². The van der Waals surface area contributed by atoms with Crippen molar-refractivity contribution in [2.24, 2.45) is 5.41 Å². The first-order valence-corrected chi connectivity index (χ1v) is 12.8. The molecular weight excluding hydrogens is 521 g/mol. The van der Waals surface area contributed by atoms with Crippen LogP contribution in [-0.4, -0.2) is 24.2 Å². The molecule has 9 heteroatoms. The van der Waals surface area contributed by atoms with Crippen molar-refractivity contribution in [2.75, 3.05) is 23.4 Å². The van der Waals surface area contributed by atoms with Gasteiger partial charge in [-0.2, -0.15) is 0 Å². The molecule has 1 unspecified atom stereocenters. The van der Waals surface area contributed by atoms with E-state index < -0.39 is 35.8 Å². The Labute approximate surface area is 230 Å². The Balaban J connectivity index is 1.70. The molecule has 0 radical (unpaired) electrons. The van der Waals surface area contributed by atoms with Gasteiger partial charge >= 0.3 is 0 Å². The number of phenols is 1. The van der Waals surface area contributed by atoms with Crippen LogP contribution < -0.4 is 15.0 Å². The predicted molar refractivity (Wildman–Crippen MR) is 145 cm³/mol. The zero-order valence-corrected chi connectivity index (χ0v) is 22.1. The van der Waals surface area contributed by atoms with Gasteiger partial charge in [0.25, 0.3) is 0 Å². The fourth-order valence-corrected chi connectivity index (χ4v) is 5.04. The second kappa shape index (κ2) is 10.6. The fraction of sp³-hybridized carbons (Fsp3) is 0.258. The van der Waals surface area contributed by atoms with Crippen LogP contribution in [0.1, 0.15) is 37.4 Å². The number of allylic oxidation sites excluding steroid dienone is 1. The van der Waals surface area contributed by atoms with Crippen molar-refractivity contribution in [2.45, 2.75) is 32.7 Å². The van der Waals surface area contributed by atoms with Gasteiger partial charge in [-0.05, 0) is 42.3 Å². The third-order valence-electron chi connectivity index (χ3n) is 6.89. The lowest BCUT2D eigenvalue weighted by atomic mass is 9.85. The van der Waals surface area contributed by atoms with Gasteiger partial charge in [0.15, 0.2) is 0 Å². The Bertz CT molecular complexity index is 1520. The molecule has 0 bridgehead atoms. The van der Waals surface area contributed by atoms with Gasteiger partial charge in [-0.3, -0.25) is 9.69 Å². The number of phenolic OH excluding ortho intramolecular Hbond substituents is 1. The number of carbonyl (C=O) groups is 1. The Morgan fingerprint density at radius 2 is 1.98 bits per heavy atom. The normalized spacial score (nSPS) is 17.6. The molecule has 0 fully saturated rings. The molecule has 208 valence electrons. The number of aromatic hydroxyl groups is 1. The van der Waals surface area contributed by atoms with Crippen molar-refractivity contribution >= 4 is 17.3 Å². The minimum Gasteiger partial charge on any atom is -0.506 e. The summed E-state index contributed by atoms with van der Waals surface area (Å²) >= 11 is 0. The second-order valence-corrected chi connectivity index (χ2v) is 10.6. The summed E-state index contributed by atoms with van der Waals surface area (Å²) in [6.07, 6.45) is 1.58. The molecule has 3 aromatic rings. The summed E-state index contributed by atoms with van der Waals surface area (Å²) in [6.45, 7) is 8.10. The van der Waals surface area contributed by atoms with Crippen LogP contribution in [0.25, 0.3) is 0 Å². The van der Waals surface area contributed by atoms with Crippen LogP contribution in [0.5, 0.6) is 11.5 Å². The smallest absolute Gasteiger partial charge is 0.232 e. The number of hydrogen-bond acceptors (Lipinski definition) is 5. The highest BCUT2D eigenvalue weighted by atomic mass is 19.1. The topological polar surface area (TPSA) is 71.0 Å². The Morgan fingerprint density at radius 1 is 1.18 bits per heavy atom. The molecule has 2 heterocycles. The Hall–Kier alpha value is -4.40. The molecule has 0 aliphatic carbocycles. The first-order chi connectivity index (χ1) is 19.1. The first-order valence-electron chi connectivity index (χ1n) is 12.8. The zero-order valence-electron chi connectivity index (χ0n) is 22.1. The molecular formula is C31H29F3N2O4. The average Bonchev–Trinajstić information content (AvgIpc) is 3.03. The van der Waals surface area contributed by atoms with E-state index in [1.807, 2.05) is 13.8 Å². The van der Waals surface area contributed by atoms with Crippen molar-refractivity contribution in [3.8, 4) is 11.5 Å². The number of anilines is 2. The van der Waals surface area contributed by atoms with E-state index in [1.165, 1.54) is 35.2 Å². The molecule has 0 saturated carbocycles. The molecule has 2 N–H and O–H groups in total. The van der Waals surface area contributed by atoms with Gasteiger partial charge in [0.2, 0.25) is 5.91 Å². The van der Waals surface area contributed by atoms with E-state index in [0.29, 0.717) is 30.6 Å². The quantitative estimate of drug-likeness (QED) is 0.262. The highest BCUT2D eigenvalue weighted by molar-refractivity contribution is 6.01. The van der Waals surface area contributed by atoms with Crippen molar-refractivity contribution < 1.29 is 32.5 Å². The lowest BCUT2D eigenvalue weighted by Gasteiger charge is -2.38. The molecule has 5 rings (SSSR count). The van der Waals surface area contributed by atoms with Crippen LogP contribution in [0.3, 0.4) is 0 Å².